The molecule has 2 N–H and O–H groups in total. The largest absolute Gasteiger partial charge is 0.490 e. The van der Waals surface area contributed by atoms with Gasteiger partial charge in [0.25, 0.3) is 0 Å². The average Bonchev–Trinajstić information content (AvgIpc) is 2.39. The molecule has 5 heteroatoms. The van der Waals surface area contributed by atoms with Gasteiger partial charge in [0.05, 0.1) is 4.47 Å². The van der Waals surface area contributed by atoms with E-state index in [-0.39, 0.29) is 0 Å². The van der Waals surface area contributed by atoms with Crippen LogP contribution < -0.4 is 10.1 Å². The number of aliphatic hydroxyl groups excluding tert-OH is 1. The Morgan fingerprint density at radius 3 is 2.84 bits per heavy atom. The van der Waals surface area contributed by atoms with E-state index in [0.717, 1.165) is 36.4 Å². The third-order valence-electron chi connectivity index (χ3n) is 3.20. The smallest absolute Gasteiger partial charge is 0.133 e. The molecule has 4 nitrogen and oxygen atoms in total. The van der Waals surface area contributed by atoms with Crippen LogP contribution in [0.1, 0.15) is 5.56 Å². The number of hydrogen-bond acceptors (Lipinski definition) is 4. The first kappa shape index (κ1) is 14.8. The van der Waals surface area contributed by atoms with Crippen molar-refractivity contribution in [3.8, 4) is 5.75 Å². The van der Waals surface area contributed by atoms with Crippen LogP contribution in [0.15, 0.2) is 22.7 Å². The Bertz CT molecular complexity index is 408. The number of piperazine rings is 1. The molecule has 1 unspecified atom stereocenters. The first-order chi connectivity index (χ1) is 9.15. The van der Waals surface area contributed by atoms with Crippen LogP contribution in [0.5, 0.6) is 5.75 Å². The SMILES string of the molecule is Cc1ccc(OCC(O)CN2CCNCC2)c(Br)c1. The van der Waals surface area contributed by atoms with Crippen LogP contribution in [-0.2, 0) is 0 Å². The van der Waals surface area contributed by atoms with Crippen molar-refractivity contribution < 1.29 is 9.84 Å². The summed E-state index contributed by atoms with van der Waals surface area (Å²) in [5.41, 5.74) is 1.18. The highest BCUT2D eigenvalue weighted by molar-refractivity contribution is 9.10. The van der Waals surface area contributed by atoms with Gasteiger partial charge >= 0.3 is 0 Å². The van der Waals surface area contributed by atoms with E-state index in [1.54, 1.807) is 0 Å². The Labute approximate surface area is 122 Å². The predicted molar refractivity (Wildman–Crippen MR) is 79.7 cm³/mol. The normalized spacial score (nSPS) is 18.3. The number of hydrogen-bond donors (Lipinski definition) is 2. The average molecular weight is 329 g/mol. The minimum atomic E-state index is -0.452. The molecule has 0 radical (unpaired) electrons. The number of benzene rings is 1. The van der Waals surface area contributed by atoms with E-state index in [1.807, 2.05) is 25.1 Å². The second-order valence-corrected chi connectivity index (χ2v) is 5.80. The van der Waals surface area contributed by atoms with Gasteiger partial charge < -0.3 is 15.2 Å². The van der Waals surface area contributed by atoms with Crippen LogP contribution in [0, 0.1) is 6.92 Å². The minimum absolute atomic E-state index is 0.325. The van der Waals surface area contributed by atoms with Crippen LogP contribution >= 0.6 is 15.9 Å². The van der Waals surface area contributed by atoms with Crippen molar-refractivity contribution in [2.24, 2.45) is 0 Å². The maximum absolute atomic E-state index is 10.0. The number of aryl methyl sites for hydroxylation is 1. The second-order valence-electron chi connectivity index (χ2n) is 4.95. The molecule has 0 aliphatic carbocycles. The molecular formula is C14H21BrN2O2. The van der Waals surface area contributed by atoms with Gasteiger partial charge in [-0.1, -0.05) is 6.07 Å². The highest BCUT2D eigenvalue weighted by atomic mass is 79.9. The minimum Gasteiger partial charge on any atom is -0.490 e. The number of β-amino-alcohol motifs (C(OH)–C–C–N with tert-alkyl or cyclic N) is 1. The molecule has 1 aliphatic rings. The lowest BCUT2D eigenvalue weighted by Crippen LogP contribution is -2.47. The van der Waals surface area contributed by atoms with Gasteiger partial charge in [-0.25, -0.2) is 0 Å². The first-order valence-corrected chi connectivity index (χ1v) is 7.44. The van der Waals surface area contributed by atoms with E-state index < -0.39 is 6.10 Å². The Kier molecular flexibility index (Phi) is 5.63. The van der Waals surface area contributed by atoms with E-state index in [2.05, 4.69) is 26.1 Å². The molecule has 0 amide bonds. The Morgan fingerprint density at radius 1 is 1.42 bits per heavy atom. The molecule has 1 fully saturated rings. The summed E-state index contributed by atoms with van der Waals surface area (Å²) in [7, 11) is 0. The zero-order chi connectivity index (χ0) is 13.7. The summed E-state index contributed by atoms with van der Waals surface area (Å²) in [6.07, 6.45) is -0.452. The lowest BCUT2D eigenvalue weighted by molar-refractivity contribution is 0.0639. The summed E-state index contributed by atoms with van der Waals surface area (Å²) >= 11 is 3.47. The molecule has 1 atom stereocenters. The molecule has 106 valence electrons. The Balaban J connectivity index is 1.77. The van der Waals surface area contributed by atoms with Crippen LogP contribution in [0.2, 0.25) is 0 Å². The maximum atomic E-state index is 10.0. The van der Waals surface area contributed by atoms with Gasteiger partial charge in [-0.3, -0.25) is 4.90 Å². The fourth-order valence-corrected chi connectivity index (χ4v) is 2.76. The number of aliphatic hydroxyl groups is 1. The molecule has 1 heterocycles. The van der Waals surface area contributed by atoms with Gasteiger partial charge in [-0.05, 0) is 40.5 Å². The predicted octanol–water partition coefficient (Wildman–Crippen LogP) is 1.40. The molecule has 1 saturated heterocycles. The maximum Gasteiger partial charge on any atom is 0.133 e. The zero-order valence-corrected chi connectivity index (χ0v) is 12.8. The van der Waals surface area contributed by atoms with Gasteiger partial charge in [-0.2, -0.15) is 0 Å². The topological polar surface area (TPSA) is 44.7 Å². The first-order valence-electron chi connectivity index (χ1n) is 6.65. The van der Waals surface area contributed by atoms with Crippen LogP contribution in [0.4, 0.5) is 0 Å². The zero-order valence-electron chi connectivity index (χ0n) is 11.2. The number of rotatable bonds is 5. The fourth-order valence-electron chi connectivity index (χ4n) is 2.15. The van der Waals surface area contributed by atoms with Gasteiger partial charge in [0.2, 0.25) is 0 Å². The van der Waals surface area contributed by atoms with E-state index in [4.69, 9.17) is 4.74 Å². The molecule has 0 aromatic heterocycles. The standard InChI is InChI=1S/C14H21BrN2O2/c1-11-2-3-14(13(15)8-11)19-10-12(18)9-17-6-4-16-5-7-17/h2-3,8,12,16,18H,4-7,9-10H2,1H3. The molecule has 1 aromatic carbocycles. The van der Waals surface area contributed by atoms with Gasteiger partial charge in [-0.15, -0.1) is 0 Å². The van der Waals surface area contributed by atoms with Crippen LogP contribution in [0.3, 0.4) is 0 Å². The fraction of sp³-hybridized carbons (Fsp3) is 0.571. The molecule has 0 spiro atoms. The summed E-state index contributed by atoms with van der Waals surface area (Å²) in [4.78, 5) is 2.26. The number of nitrogens with one attached hydrogen (secondary N) is 1. The quantitative estimate of drug-likeness (QED) is 0.857. The van der Waals surface area contributed by atoms with Gasteiger partial charge in [0.1, 0.15) is 18.5 Å². The third kappa shape index (κ3) is 4.76. The van der Waals surface area contributed by atoms with Crippen LogP contribution in [0.25, 0.3) is 0 Å². The molecule has 0 saturated carbocycles. The molecule has 1 aliphatic heterocycles. The van der Waals surface area contributed by atoms with Crippen molar-refractivity contribution in [3.63, 3.8) is 0 Å². The monoisotopic (exact) mass is 328 g/mol. The van der Waals surface area contributed by atoms with Crippen molar-refractivity contribution in [3.05, 3.63) is 28.2 Å². The number of ether oxygens (including phenoxy) is 1. The van der Waals surface area contributed by atoms with Crippen molar-refractivity contribution in [1.82, 2.24) is 10.2 Å². The lowest BCUT2D eigenvalue weighted by Gasteiger charge is -2.29. The molecule has 1 aromatic rings. The van der Waals surface area contributed by atoms with Gasteiger partial charge in [0, 0.05) is 32.7 Å². The van der Waals surface area contributed by atoms with Crippen LogP contribution in [-0.4, -0.2) is 55.4 Å². The van der Waals surface area contributed by atoms with Gasteiger partial charge in [0.15, 0.2) is 0 Å². The number of halogens is 1. The van der Waals surface area contributed by atoms with E-state index >= 15 is 0 Å². The number of nitrogens with zero attached hydrogens (tertiary/aromatic N) is 1. The van der Waals surface area contributed by atoms with E-state index in [9.17, 15) is 5.11 Å². The second kappa shape index (κ2) is 7.24. The molecular weight excluding hydrogens is 308 g/mol. The summed E-state index contributed by atoms with van der Waals surface area (Å²) in [5, 5.41) is 13.3. The van der Waals surface area contributed by atoms with E-state index in [1.165, 1.54) is 5.56 Å². The van der Waals surface area contributed by atoms with E-state index in [0.29, 0.717) is 13.2 Å². The van der Waals surface area contributed by atoms with Crippen molar-refractivity contribution in [1.29, 1.82) is 0 Å². The highest BCUT2D eigenvalue weighted by Crippen LogP contribution is 2.25. The van der Waals surface area contributed by atoms with Crippen molar-refractivity contribution in [2.75, 3.05) is 39.3 Å². The van der Waals surface area contributed by atoms with Crippen molar-refractivity contribution >= 4 is 15.9 Å². The lowest BCUT2D eigenvalue weighted by atomic mass is 10.2. The molecule has 0 bridgehead atoms. The molecule has 19 heavy (non-hydrogen) atoms. The summed E-state index contributed by atoms with van der Waals surface area (Å²) in [6, 6.07) is 5.94. The molecule has 2 rings (SSSR count). The summed E-state index contributed by atoms with van der Waals surface area (Å²) in [5.74, 6) is 0.782. The summed E-state index contributed by atoms with van der Waals surface area (Å²) < 4.78 is 6.59. The summed E-state index contributed by atoms with van der Waals surface area (Å²) in [6.45, 7) is 7.01. The third-order valence-corrected chi connectivity index (χ3v) is 3.82. The highest BCUT2D eigenvalue weighted by Gasteiger charge is 2.15. The Morgan fingerprint density at radius 2 is 2.16 bits per heavy atom. The Hall–Kier alpha value is -0.620. The van der Waals surface area contributed by atoms with Crippen molar-refractivity contribution in [2.45, 2.75) is 13.0 Å².